The number of allylic oxidation sites excluding steroid dienone is 1. The van der Waals surface area contributed by atoms with E-state index in [1.54, 1.807) is 13.0 Å². The number of fused-ring (bicyclic) bond motifs is 13. The number of carbonyl (C=O) groups excluding carboxylic acids is 1. The number of aliphatic carboxylic acids is 1. The highest BCUT2D eigenvalue weighted by Gasteiger charge is 2.73. The minimum Gasteiger partial charge on any atom is -0.478 e. The number of carboxylic acids is 1. The van der Waals surface area contributed by atoms with E-state index in [0.717, 1.165) is 58.9 Å². The molecule has 7 aliphatic rings. The van der Waals surface area contributed by atoms with Gasteiger partial charge in [-0.2, -0.15) is 0 Å². The SMILES string of the molecule is C=C(C)C1C(=O)c2c3c(cc4c5c(n1c24)C1(C)C(CCC2C4(C)CC(C=C(C)C(=O)O)OC4(O)CCC21C)C5)C1=CC(C)(C)OC(C)(C)C1C3O. The average Bonchev–Trinajstić information content (AvgIpc) is 3.73. The maximum Gasteiger partial charge on any atom is 0.331 e. The zero-order valence-corrected chi connectivity index (χ0v) is 31.6. The van der Waals surface area contributed by atoms with Crippen LogP contribution in [0.3, 0.4) is 0 Å². The summed E-state index contributed by atoms with van der Waals surface area (Å²) in [6, 6.07) is 1.74. The van der Waals surface area contributed by atoms with E-state index < -0.39 is 46.6 Å². The van der Waals surface area contributed by atoms with E-state index in [9.17, 15) is 24.9 Å². The lowest BCUT2D eigenvalue weighted by molar-refractivity contribution is -0.294. The summed E-state index contributed by atoms with van der Waals surface area (Å²) in [4.78, 5) is 26.6. The van der Waals surface area contributed by atoms with Crippen molar-refractivity contribution in [3.05, 3.63) is 63.9 Å². The van der Waals surface area contributed by atoms with E-state index in [1.807, 2.05) is 20.8 Å². The van der Waals surface area contributed by atoms with Gasteiger partial charge in [0.05, 0.1) is 34.5 Å². The molecule has 1 aromatic carbocycles. The van der Waals surface area contributed by atoms with Crippen molar-refractivity contribution < 1.29 is 34.4 Å². The molecule has 1 saturated heterocycles. The fourth-order valence-electron chi connectivity index (χ4n) is 13.6. The summed E-state index contributed by atoms with van der Waals surface area (Å²) >= 11 is 0. The number of carbonyl (C=O) groups is 2. The predicted molar refractivity (Wildman–Crippen MR) is 194 cm³/mol. The summed E-state index contributed by atoms with van der Waals surface area (Å²) in [7, 11) is 0. The normalized spacial score (nSPS) is 42.5. The molecule has 10 atom stereocenters. The number of benzene rings is 1. The standard InChI is InChI=1S/C43H53NO7/c1-20(2)32-35(46)30-29-24(27-19-38(4,5)51-39(6,7)31(27)34(29)45)17-25-26-16-22-11-12-28-40(8,42(22,10)36(26)44(32)33(25)30)13-14-43(49)41(28,9)18-23(50-43)15-21(3)37(47)48/h15,17,19,22-23,28,31-32,34,45,49H,1,11-14,16,18H2,2-10H3,(H,47,48). The van der Waals surface area contributed by atoms with Crippen molar-refractivity contribution in [1.29, 1.82) is 0 Å². The van der Waals surface area contributed by atoms with Gasteiger partial charge in [-0.05, 0) is 126 Å². The Morgan fingerprint density at radius 1 is 1.06 bits per heavy atom. The van der Waals surface area contributed by atoms with E-state index in [2.05, 4.69) is 57.9 Å². The molecule has 8 heteroatoms. The number of aliphatic hydroxyl groups excluding tert-OH is 1. The van der Waals surface area contributed by atoms with Gasteiger partial charge in [-0.25, -0.2) is 4.79 Å². The van der Waals surface area contributed by atoms with Crippen molar-refractivity contribution in [2.75, 3.05) is 0 Å². The third kappa shape index (κ3) is 3.80. The number of ether oxygens (including phenoxy) is 2. The van der Waals surface area contributed by atoms with Gasteiger partial charge >= 0.3 is 5.97 Å². The molecule has 2 aromatic rings. The fourth-order valence-corrected chi connectivity index (χ4v) is 13.6. The number of aromatic nitrogens is 1. The number of hydrogen-bond acceptors (Lipinski definition) is 6. The molecule has 3 N–H and O–H groups in total. The second kappa shape index (κ2) is 9.73. The Kier molecular flexibility index (Phi) is 6.44. The lowest BCUT2D eigenvalue weighted by Gasteiger charge is -2.65. The van der Waals surface area contributed by atoms with Crippen LogP contribution in [0.5, 0.6) is 0 Å². The summed E-state index contributed by atoms with van der Waals surface area (Å²) in [6.45, 7) is 23.2. The predicted octanol–water partition coefficient (Wildman–Crippen LogP) is 7.74. The van der Waals surface area contributed by atoms with E-state index >= 15 is 0 Å². The van der Waals surface area contributed by atoms with Crippen LogP contribution >= 0.6 is 0 Å². The van der Waals surface area contributed by atoms with Crippen LogP contribution < -0.4 is 0 Å². The highest BCUT2D eigenvalue weighted by Crippen LogP contribution is 2.74. The van der Waals surface area contributed by atoms with E-state index in [4.69, 9.17) is 9.47 Å². The summed E-state index contributed by atoms with van der Waals surface area (Å²) in [5.41, 5.74) is 5.65. The van der Waals surface area contributed by atoms with Gasteiger partial charge in [0.25, 0.3) is 0 Å². The van der Waals surface area contributed by atoms with Crippen LogP contribution in [0.25, 0.3) is 16.5 Å². The van der Waals surface area contributed by atoms with Gasteiger partial charge in [-0.15, -0.1) is 0 Å². The molecule has 272 valence electrons. The first-order valence-corrected chi connectivity index (χ1v) is 19.0. The second-order valence-corrected chi connectivity index (χ2v) is 19.1. The average molecular weight is 696 g/mol. The highest BCUT2D eigenvalue weighted by molar-refractivity contribution is 6.18. The lowest BCUT2D eigenvalue weighted by atomic mass is 9.40. The van der Waals surface area contributed by atoms with Crippen LogP contribution in [0, 0.1) is 28.6 Å². The topological polar surface area (TPSA) is 118 Å². The number of carboxylic acid groups (broad SMARTS) is 1. The number of hydrogen-bond donors (Lipinski definition) is 3. The molecule has 0 spiro atoms. The molecule has 9 rings (SSSR count). The molecule has 3 aliphatic heterocycles. The summed E-state index contributed by atoms with van der Waals surface area (Å²) in [6.07, 6.45) is 7.10. The first kappa shape index (κ1) is 33.8. The molecular weight excluding hydrogens is 642 g/mol. The van der Waals surface area contributed by atoms with Gasteiger partial charge in [-0.3, -0.25) is 4.79 Å². The van der Waals surface area contributed by atoms with Gasteiger partial charge in [0, 0.05) is 45.4 Å². The van der Waals surface area contributed by atoms with Crippen molar-refractivity contribution in [3.63, 3.8) is 0 Å². The number of rotatable bonds is 3. The molecule has 1 aromatic heterocycles. The smallest absolute Gasteiger partial charge is 0.331 e. The molecule has 2 saturated carbocycles. The van der Waals surface area contributed by atoms with Gasteiger partial charge in [0.15, 0.2) is 11.6 Å². The van der Waals surface area contributed by atoms with E-state index in [-0.39, 0.29) is 34.0 Å². The molecule has 0 radical (unpaired) electrons. The zero-order valence-electron chi connectivity index (χ0n) is 31.6. The van der Waals surface area contributed by atoms with Crippen molar-refractivity contribution in [2.24, 2.45) is 28.6 Å². The summed E-state index contributed by atoms with van der Waals surface area (Å²) in [5, 5.41) is 35.1. The van der Waals surface area contributed by atoms with Crippen molar-refractivity contribution in [3.8, 4) is 0 Å². The third-order valence-corrected chi connectivity index (χ3v) is 15.6. The number of nitrogens with zero attached hydrogens (tertiary/aromatic N) is 1. The molecule has 4 aliphatic carbocycles. The van der Waals surface area contributed by atoms with Crippen LogP contribution in [0.2, 0.25) is 0 Å². The molecule has 51 heavy (non-hydrogen) atoms. The fraction of sp³-hybridized carbons (Fsp3) is 0.628. The van der Waals surface area contributed by atoms with Crippen LogP contribution in [-0.2, 0) is 26.1 Å². The van der Waals surface area contributed by atoms with E-state index in [1.165, 1.54) is 11.3 Å². The molecule has 0 bridgehead atoms. The Morgan fingerprint density at radius 3 is 2.43 bits per heavy atom. The van der Waals surface area contributed by atoms with Crippen LogP contribution in [0.1, 0.15) is 139 Å². The minimum atomic E-state index is -1.35. The van der Waals surface area contributed by atoms with E-state index in [0.29, 0.717) is 24.3 Å². The number of aliphatic hydroxyl groups is 2. The van der Waals surface area contributed by atoms with Gasteiger partial charge < -0.3 is 29.4 Å². The Morgan fingerprint density at radius 2 is 1.76 bits per heavy atom. The van der Waals surface area contributed by atoms with Crippen LogP contribution in [-0.4, -0.2) is 54.7 Å². The summed E-state index contributed by atoms with van der Waals surface area (Å²) < 4.78 is 15.3. The third-order valence-electron chi connectivity index (χ3n) is 15.6. The number of Topliss-reactive ketones (excluding diaryl/α,β-unsaturated/α-hetero) is 1. The van der Waals surface area contributed by atoms with Crippen molar-refractivity contribution >= 4 is 28.2 Å². The first-order chi connectivity index (χ1) is 23.6. The lowest BCUT2D eigenvalue weighted by Crippen LogP contribution is -2.65. The van der Waals surface area contributed by atoms with Crippen LogP contribution in [0.4, 0.5) is 0 Å². The Hall–Kier alpha value is -3.04. The zero-order chi connectivity index (χ0) is 36.7. The Balaban J connectivity index is 1.25. The largest absolute Gasteiger partial charge is 0.478 e. The first-order valence-electron chi connectivity index (χ1n) is 19.0. The molecule has 0 amide bonds. The maximum absolute atomic E-state index is 14.9. The van der Waals surface area contributed by atoms with Gasteiger partial charge in [-0.1, -0.05) is 32.9 Å². The molecule has 10 unspecified atom stereocenters. The monoisotopic (exact) mass is 695 g/mol. The second-order valence-electron chi connectivity index (χ2n) is 19.1. The van der Waals surface area contributed by atoms with Gasteiger partial charge in [0.2, 0.25) is 0 Å². The summed E-state index contributed by atoms with van der Waals surface area (Å²) in [5.74, 6) is -2.13. The molecule has 3 fully saturated rings. The Bertz CT molecular complexity index is 2080. The quantitative estimate of drug-likeness (QED) is 0.222. The maximum atomic E-state index is 14.9. The highest BCUT2D eigenvalue weighted by atomic mass is 16.6. The molecular formula is C43H53NO7. The molecule has 4 heterocycles. The van der Waals surface area contributed by atoms with Crippen LogP contribution in [0.15, 0.2) is 35.9 Å². The number of ketones is 1. The van der Waals surface area contributed by atoms with Crippen molar-refractivity contribution in [1.82, 2.24) is 4.57 Å². The molecule has 8 nitrogen and oxygen atoms in total. The van der Waals surface area contributed by atoms with Gasteiger partial charge in [0.1, 0.15) is 6.04 Å². The minimum absolute atomic E-state index is 0.0144. The Labute approximate surface area is 300 Å². The van der Waals surface area contributed by atoms with Crippen molar-refractivity contribution in [2.45, 2.75) is 141 Å².